The first-order chi connectivity index (χ1) is 11.0. The molecular weight excluding hydrogens is 358 g/mol. The second kappa shape index (κ2) is 8.02. The van der Waals surface area contributed by atoms with Crippen molar-refractivity contribution >= 4 is 21.8 Å². The molecule has 2 aromatic rings. The van der Waals surface area contributed by atoms with Crippen LogP contribution in [0.1, 0.15) is 15.9 Å². The van der Waals surface area contributed by atoms with Gasteiger partial charge in [-0.2, -0.15) is 0 Å². The molecule has 0 heterocycles. The van der Waals surface area contributed by atoms with Gasteiger partial charge in [-0.15, -0.1) is 0 Å². The van der Waals surface area contributed by atoms with Crippen molar-refractivity contribution in [1.82, 2.24) is 4.90 Å². The summed E-state index contributed by atoms with van der Waals surface area (Å²) in [7, 11) is 3.36. The van der Waals surface area contributed by atoms with Crippen LogP contribution in [0, 0.1) is 6.92 Å². The Morgan fingerprint density at radius 1 is 1.17 bits per heavy atom. The molecule has 2 rings (SSSR count). The Hall–Kier alpha value is -2.01. The number of hydrogen-bond donors (Lipinski definition) is 0. The maximum atomic E-state index is 12.4. The number of carbonyl (C=O) groups excluding carboxylic acids is 1. The number of para-hydroxylation sites is 1. The van der Waals surface area contributed by atoms with E-state index in [2.05, 4.69) is 15.9 Å². The van der Waals surface area contributed by atoms with Gasteiger partial charge in [-0.05, 0) is 52.7 Å². The van der Waals surface area contributed by atoms with Crippen LogP contribution in [0.2, 0.25) is 0 Å². The summed E-state index contributed by atoms with van der Waals surface area (Å²) in [6, 6.07) is 13.1. The van der Waals surface area contributed by atoms with Gasteiger partial charge in [0.2, 0.25) is 0 Å². The molecule has 0 unspecified atom stereocenters. The molecule has 0 atom stereocenters. The Labute approximate surface area is 145 Å². The predicted molar refractivity (Wildman–Crippen MR) is 94.3 cm³/mol. The molecule has 2 aromatic carbocycles. The average Bonchev–Trinajstić information content (AvgIpc) is 2.55. The standard InChI is InChI=1S/C18H20BrNO3/c1-13-6-4-5-7-16(13)23-11-10-20(2)18(21)14-8-9-17(22-3)15(19)12-14/h4-9,12H,10-11H2,1-3H3. The minimum Gasteiger partial charge on any atom is -0.496 e. The number of carbonyl (C=O) groups is 1. The first-order valence-electron chi connectivity index (χ1n) is 7.30. The maximum absolute atomic E-state index is 12.4. The number of halogens is 1. The van der Waals surface area contributed by atoms with Gasteiger partial charge in [0.05, 0.1) is 18.1 Å². The number of hydrogen-bond acceptors (Lipinski definition) is 3. The smallest absolute Gasteiger partial charge is 0.253 e. The number of nitrogens with zero attached hydrogens (tertiary/aromatic N) is 1. The molecule has 5 heteroatoms. The molecule has 23 heavy (non-hydrogen) atoms. The summed E-state index contributed by atoms with van der Waals surface area (Å²) in [6.45, 7) is 2.96. The minimum absolute atomic E-state index is 0.0539. The molecule has 0 aliphatic carbocycles. The summed E-state index contributed by atoms with van der Waals surface area (Å²) in [5.74, 6) is 1.49. The second-order valence-electron chi connectivity index (χ2n) is 5.19. The van der Waals surface area contributed by atoms with E-state index in [1.165, 1.54) is 0 Å². The van der Waals surface area contributed by atoms with Gasteiger partial charge < -0.3 is 14.4 Å². The number of aryl methyl sites for hydroxylation is 1. The molecule has 0 bridgehead atoms. The molecule has 1 amide bonds. The summed E-state index contributed by atoms with van der Waals surface area (Å²) in [6.07, 6.45) is 0. The number of methoxy groups -OCH3 is 1. The molecule has 0 spiro atoms. The zero-order chi connectivity index (χ0) is 16.8. The van der Waals surface area contributed by atoms with Gasteiger partial charge >= 0.3 is 0 Å². The lowest BCUT2D eigenvalue weighted by atomic mass is 10.2. The summed E-state index contributed by atoms with van der Waals surface area (Å²) in [5, 5.41) is 0. The van der Waals surface area contributed by atoms with Crippen molar-refractivity contribution in [1.29, 1.82) is 0 Å². The predicted octanol–water partition coefficient (Wildman–Crippen LogP) is 3.92. The van der Waals surface area contributed by atoms with Crippen molar-refractivity contribution in [2.24, 2.45) is 0 Å². The molecule has 0 aliphatic heterocycles. The average molecular weight is 378 g/mol. The lowest BCUT2D eigenvalue weighted by Crippen LogP contribution is -2.30. The van der Waals surface area contributed by atoms with Crippen molar-refractivity contribution < 1.29 is 14.3 Å². The van der Waals surface area contributed by atoms with Crippen LogP contribution in [-0.2, 0) is 0 Å². The van der Waals surface area contributed by atoms with E-state index >= 15 is 0 Å². The molecule has 0 saturated carbocycles. The van der Waals surface area contributed by atoms with E-state index in [1.54, 1.807) is 37.3 Å². The van der Waals surface area contributed by atoms with E-state index in [9.17, 15) is 4.79 Å². The number of ether oxygens (including phenoxy) is 2. The van der Waals surface area contributed by atoms with Crippen molar-refractivity contribution in [2.45, 2.75) is 6.92 Å². The maximum Gasteiger partial charge on any atom is 0.253 e. The minimum atomic E-state index is -0.0539. The van der Waals surface area contributed by atoms with E-state index in [0.717, 1.165) is 15.8 Å². The Morgan fingerprint density at radius 3 is 2.57 bits per heavy atom. The highest BCUT2D eigenvalue weighted by Gasteiger charge is 2.13. The van der Waals surface area contributed by atoms with Gasteiger partial charge in [-0.3, -0.25) is 4.79 Å². The Kier molecular flexibility index (Phi) is 6.04. The Balaban J connectivity index is 1.92. The number of benzene rings is 2. The SMILES string of the molecule is COc1ccc(C(=O)N(C)CCOc2ccccc2C)cc1Br. The van der Waals surface area contributed by atoms with Gasteiger partial charge in [0.25, 0.3) is 5.91 Å². The fourth-order valence-electron chi connectivity index (χ4n) is 2.13. The lowest BCUT2D eigenvalue weighted by Gasteiger charge is -2.18. The molecule has 122 valence electrons. The Bertz CT molecular complexity index is 688. The molecular formula is C18H20BrNO3. The van der Waals surface area contributed by atoms with Crippen LogP contribution in [0.4, 0.5) is 0 Å². The molecule has 0 aliphatic rings. The van der Waals surface area contributed by atoms with Crippen LogP contribution >= 0.6 is 15.9 Å². The quantitative estimate of drug-likeness (QED) is 0.765. The van der Waals surface area contributed by atoms with Crippen LogP contribution in [0.15, 0.2) is 46.9 Å². The van der Waals surface area contributed by atoms with E-state index < -0.39 is 0 Å². The van der Waals surface area contributed by atoms with E-state index in [0.29, 0.717) is 24.5 Å². The third-order valence-corrected chi connectivity index (χ3v) is 4.14. The van der Waals surface area contributed by atoms with E-state index in [4.69, 9.17) is 9.47 Å². The molecule has 0 saturated heterocycles. The lowest BCUT2D eigenvalue weighted by molar-refractivity contribution is 0.0773. The summed E-state index contributed by atoms with van der Waals surface area (Å²) < 4.78 is 11.7. The van der Waals surface area contributed by atoms with Crippen LogP contribution in [0.3, 0.4) is 0 Å². The van der Waals surface area contributed by atoms with Gasteiger partial charge in [-0.25, -0.2) is 0 Å². The normalized spacial score (nSPS) is 10.3. The molecule has 0 radical (unpaired) electrons. The highest BCUT2D eigenvalue weighted by Crippen LogP contribution is 2.26. The zero-order valence-corrected chi connectivity index (χ0v) is 15.1. The fourth-order valence-corrected chi connectivity index (χ4v) is 2.67. The molecule has 4 nitrogen and oxygen atoms in total. The second-order valence-corrected chi connectivity index (χ2v) is 6.04. The monoisotopic (exact) mass is 377 g/mol. The topological polar surface area (TPSA) is 38.8 Å². The largest absolute Gasteiger partial charge is 0.496 e. The molecule has 0 fully saturated rings. The third kappa shape index (κ3) is 4.48. The molecule has 0 aromatic heterocycles. The first-order valence-corrected chi connectivity index (χ1v) is 8.09. The summed E-state index contributed by atoms with van der Waals surface area (Å²) in [5.41, 5.74) is 1.69. The van der Waals surface area contributed by atoms with Crippen molar-refractivity contribution in [3.63, 3.8) is 0 Å². The fraction of sp³-hybridized carbons (Fsp3) is 0.278. The number of likely N-dealkylation sites (N-methyl/N-ethyl adjacent to an activating group) is 1. The van der Waals surface area contributed by atoms with Gasteiger partial charge in [-0.1, -0.05) is 18.2 Å². The zero-order valence-electron chi connectivity index (χ0n) is 13.5. The Morgan fingerprint density at radius 2 is 1.91 bits per heavy atom. The number of amides is 1. The van der Waals surface area contributed by atoms with Crippen LogP contribution < -0.4 is 9.47 Å². The van der Waals surface area contributed by atoms with E-state index in [1.807, 2.05) is 31.2 Å². The highest BCUT2D eigenvalue weighted by atomic mass is 79.9. The van der Waals surface area contributed by atoms with Crippen LogP contribution in [0.25, 0.3) is 0 Å². The van der Waals surface area contributed by atoms with Crippen molar-refractivity contribution in [3.05, 3.63) is 58.1 Å². The first kappa shape index (κ1) is 17.3. The van der Waals surface area contributed by atoms with Crippen LogP contribution in [0.5, 0.6) is 11.5 Å². The summed E-state index contributed by atoms with van der Waals surface area (Å²) >= 11 is 3.40. The number of rotatable bonds is 6. The van der Waals surface area contributed by atoms with Gasteiger partial charge in [0, 0.05) is 12.6 Å². The van der Waals surface area contributed by atoms with Crippen molar-refractivity contribution in [2.75, 3.05) is 27.3 Å². The summed E-state index contributed by atoms with van der Waals surface area (Å²) in [4.78, 5) is 14.1. The van der Waals surface area contributed by atoms with Gasteiger partial charge in [0.15, 0.2) is 0 Å². The van der Waals surface area contributed by atoms with Crippen LogP contribution in [-0.4, -0.2) is 38.1 Å². The van der Waals surface area contributed by atoms with E-state index in [-0.39, 0.29) is 5.91 Å². The third-order valence-electron chi connectivity index (χ3n) is 3.52. The molecule has 0 N–H and O–H groups in total. The van der Waals surface area contributed by atoms with Gasteiger partial charge in [0.1, 0.15) is 18.1 Å². The highest BCUT2D eigenvalue weighted by molar-refractivity contribution is 9.10. The van der Waals surface area contributed by atoms with Crippen molar-refractivity contribution in [3.8, 4) is 11.5 Å².